The van der Waals surface area contributed by atoms with Crippen LogP contribution in [0.1, 0.15) is 36.8 Å². The number of methoxy groups -OCH3 is 1. The van der Waals surface area contributed by atoms with E-state index < -0.39 is 0 Å². The van der Waals surface area contributed by atoms with E-state index in [0.29, 0.717) is 43.2 Å². The second kappa shape index (κ2) is 10.4. The van der Waals surface area contributed by atoms with Crippen molar-refractivity contribution in [3.8, 4) is 11.9 Å². The summed E-state index contributed by atoms with van der Waals surface area (Å²) in [6, 6.07) is 3.79. The summed E-state index contributed by atoms with van der Waals surface area (Å²) in [5.74, 6) is 0.897. The third-order valence-corrected chi connectivity index (χ3v) is 5.89. The van der Waals surface area contributed by atoms with Crippen LogP contribution in [0.25, 0.3) is 0 Å². The zero-order valence-corrected chi connectivity index (χ0v) is 18.4. The summed E-state index contributed by atoms with van der Waals surface area (Å²) in [5, 5.41) is 17.4. The highest BCUT2D eigenvalue weighted by Crippen LogP contribution is 2.26. The van der Waals surface area contributed by atoms with Crippen LogP contribution in [0.2, 0.25) is 0 Å². The predicted octanol–water partition coefficient (Wildman–Crippen LogP) is 2.30. The fraction of sp³-hybridized carbons (Fsp3) is 0.478. The van der Waals surface area contributed by atoms with Crippen LogP contribution in [0.5, 0.6) is 5.88 Å². The first-order valence-corrected chi connectivity index (χ1v) is 11.0. The molecular formula is C23H29N7O2. The summed E-state index contributed by atoms with van der Waals surface area (Å²) in [6.45, 7) is 4.18. The number of nitrogens with one attached hydrogen (secondary N) is 1. The SMILES string of the molecule is COc1ncc(N=C(C2=C(N)CCOCC2)c2cnn(CC3CCNCC3)c2)cc1C#N. The molecule has 1 saturated heterocycles. The van der Waals surface area contributed by atoms with Gasteiger partial charge in [-0.2, -0.15) is 10.4 Å². The van der Waals surface area contributed by atoms with E-state index in [-0.39, 0.29) is 5.88 Å². The minimum absolute atomic E-state index is 0.282. The van der Waals surface area contributed by atoms with E-state index in [0.717, 1.165) is 55.0 Å². The Bertz CT molecular complexity index is 1040. The van der Waals surface area contributed by atoms with Gasteiger partial charge in [0.2, 0.25) is 5.88 Å². The van der Waals surface area contributed by atoms with Gasteiger partial charge in [0.15, 0.2) is 0 Å². The van der Waals surface area contributed by atoms with E-state index in [1.54, 1.807) is 12.3 Å². The topological polar surface area (TPSA) is 123 Å². The van der Waals surface area contributed by atoms with Crippen molar-refractivity contribution >= 4 is 11.4 Å². The van der Waals surface area contributed by atoms with Crippen molar-refractivity contribution in [2.24, 2.45) is 16.6 Å². The number of hydrogen-bond donors (Lipinski definition) is 2. The van der Waals surface area contributed by atoms with Crippen molar-refractivity contribution in [1.29, 1.82) is 5.26 Å². The molecule has 168 valence electrons. The van der Waals surface area contributed by atoms with Crippen molar-refractivity contribution in [3.63, 3.8) is 0 Å². The van der Waals surface area contributed by atoms with Crippen molar-refractivity contribution in [2.45, 2.75) is 32.2 Å². The molecule has 0 spiro atoms. The Morgan fingerprint density at radius 2 is 2.16 bits per heavy atom. The summed E-state index contributed by atoms with van der Waals surface area (Å²) in [5.41, 5.74) is 10.7. The lowest BCUT2D eigenvalue weighted by atomic mass is 9.98. The molecule has 2 aliphatic heterocycles. The highest BCUT2D eigenvalue weighted by Gasteiger charge is 2.20. The van der Waals surface area contributed by atoms with Gasteiger partial charge >= 0.3 is 0 Å². The van der Waals surface area contributed by atoms with Crippen molar-refractivity contribution in [1.82, 2.24) is 20.1 Å². The molecule has 32 heavy (non-hydrogen) atoms. The Kier molecular flexibility index (Phi) is 7.14. The molecule has 2 aromatic rings. The average molecular weight is 436 g/mol. The van der Waals surface area contributed by atoms with Crippen molar-refractivity contribution in [2.75, 3.05) is 33.4 Å². The van der Waals surface area contributed by atoms with Crippen LogP contribution in [0.4, 0.5) is 5.69 Å². The molecule has 9 nitrogen and oxygen atoms in total. The number of aliphatic imine (C=N–C) groups is 1. The second-order valence-electron chi connectivity index (χ2n) is 8.08. The number of rotatable bonds is 6. The first kappa shape index (κ1) is 22.0. The van der Waals surface area contributed by atoms with Crippen LogP contribution in [0, 0.1) is 17.2 Å². The number of piperidine rings is 1. The Morgan fingerprint density at radius 3 is 2.94 bits per heavy atom. The minimum atomic E-state index is 0.282. The lowest BCUT2D eigenvalue weighted by Gasteiger charge is -2.22. The van der Waals surface area contributed by atoms with Gasteiger partial charge in [-0.1, -0.05) is 0 Å². The number of aromatic nitrogens is 3. The maximum absolute atomic E-state index is 9.43. The molecule has 4 rings (SSSR count). The summed E-state index contributed by atoms with van der Waals surface area (Å²) in [7, 11) is 1.49. The standard InChI is InChI=1S/C23H29N7O2/c1-31-23-17(11-24)10-19(13-27-23)29-22(20-4-8-32-9-5-21(20)25)18-12-28-30(15-18)14-16-2-6-26-7-3-16/h10,12-13,15-16,26H,2-9,14,25H2,1H3. The number of nitriles is 1. The van der Waals surface area contributed by atoms with E-state index >= 15 is 0 Å². The summed E-state index contributed by atoms with van der Waals surface area (Å²) >= 11 is 0. The van der Waals surface area contributed by atoms with Gasteiger partial charge < -0.3 is 20.5 Å². The smallest absolute Gasteiger partial charge is 0.231 e. The highest BCUT2D eigenvalue weighted by atomic mass is 16.5. The molecule has 0 bridgehead atoms. The molecule has 2 aliphatic rings. The van der Waals surface area contributed by atoms with Gasteiger partial charge in [0.05, 0.1) is 44.1 Å². The van der Waals surface area contributed by atoms with E-state index in [4.69, 9.17) is 20.2 Å². The van der Waals surface area contributed by atoms with E-state index in [2.05, 4.69) is 21.5 Å². The molecule has 9 heteroatoms. The van der Waals surface area contributed by atoms with Crippen molar-refractivity contribution < 1.29 is 9.47 Å². The molecule has 0 amide bonds. The first-order chi connectivity index (χ1) is 15.7. The number of hydrogen-bond acceptors (Lipinski definition) is 8. The molecule has 3 N–H and O–H groups in total. The van der Waals surface area contributed by atoms with Gasteiger partial charge in [-0.05, 0) is 49.9 Å². The van der Waals surface area contributed by atoms with Gasteiger partial charge in [0, 0.05) is 30.4 Å². The molecule has 1 fully saturated rings. The lowest BCUT2D eigenvalue weighted by Crippen LogP contribution is -2.30. The molecular weight excluding hydrogens is 406 g/mol. The molecule has 0 aromatic carbocycles. The summed E-state index contributed by atoms with van der Waals surface area (Å²) < 4.78 is 12.8. The molecule has 0 unspecified atom stereocenters. The quantitative estimate of drug-likeness (QED) is 0.667. The van der Waals surface area contributed by atoms with Gasteiger partial charge in [0.1, 0.15) is 11.6 Å². The third-order valence-electron chi connectivity index (χ3n) is 5.89. The zero-order chi connectivity index (χ0) is 22.3. The monoisotopic (exact) mass is 435 g/mol. The Labute approximate surface area is 187 Å². The third kappa shape index (κ3) is 5.15. The number of nitrogens with two attached hydrogens (primary N) is 1. The molecule has 0 saturated carbocycles. The molecule has 0 radical (unpaired) electrons. The van der Waals surface area contributed by atoms with Gasteiger partial charge in [-0.15, -0.1) is 0 Å². The Balaban J connectivity index is 1.70. The van der Waals surface area contributed by atoms with Crippen LogP contribution in [0.3, 0.4) is 0 Å². The van der Waals surface area contributed by atoms with Gasteiger partial charge in [-0.25, -0.2) is 9.98 Å². The normalized spacial score (nSPS) is 18.3. The van der Waals surface area contributed by atoms with Crippen LogP contribution in [-0.2, 0) is 11.3 Å². The molecule has 4 heterocycles. The van der Waals surface area contributed by atoms with Crippen LogP contribution >= 0.6 is 0 Å². The van der Waals surface area contributed by atoms with Crippen LogP contribution in [0.15, 0.2) is 40.9 Å². The highest BCUT2D eigenvalue weighted by molar-refractivity contribution is 6.13. The van der Waals surface area contributed by atoms with E-state index in [1.807, 2.05) is 17.1 Å². The molecule has 0 aliphatic carbocycles. The largest absolute Gasteiger partial charge is 0.480 e. The van der Waals surface area contributed by atoms with E-state index in [1.165, 1.54) is 7.11 Å². The van der Waals surface area contributed by atoms with Crippen LogP contribution < -0.4 is 15.8 Å². The Morgan fingerprint density at radius 1 is 1.34 bits per heavy atom. The van der Waals surface area contributed by atoms with Gasteiger partial charge in [-0.3, -0.25) is 4.68 Å². The summed E-state index contributed by atoms with van der Waals surface area (Å²) in [6.07, 6.45) is 9.10. The lowest BCUT2D eigenvalue weighted by molar-refractivity contribution is 0.146. The molecule has 0 atom stereocenters. The predicted molar refractivity (Wildman–Crippen MR) is 121 cm³/mol. The van der Waals surface area contributed by atoms with E-state index in [9.17, 15) is 5.26 Å². The number of ether oxygens (including phenoxy) is 2. The second-order valence-corrected chi connectivity index (χ2v) is 8.08. The average Bonchev–Trinajstić information content (AvgIpc) is 3.18. The van der Waals surface area contributed by atoms with Crippen molar-refractivity contribution in [3.05, 3.63) is 47.1 Å². The summed E-state index contributed by atoms with van der Waals surface area (Å²) in [4.78, 5) is 9.11. The fourth-order valence-electron chi connectivity index (χ4n) is 4.14. The number of pyridine rings is 1. The van der Waals surface area contributed by atoms with Gasteiger partial charge in [0.25, 0.3) is 0 Å². The minimum Gasteiger partial charge on any atom is -0.480 e. The molecule has 2 aromatic heterocycles. The zero-order valence-electron chi connectivity index (χ0n) is 18.4. The van der Waals surface area contributed by atoms with Crippen LogP contribution in [-0.4, -0.2) is 53.9 Å². The fourth-order valence-corrected chi connectivity index (χ4v) is 4.14. The Hall–Kier alpha value is -3.22. The maximum atomic E-state index is 9.43. The first-order valence-electron chi connectivity index (χ1n) is 11.0. The number of nitrogens with zero attached hydrogens (tertiary/aromatic N) is 5. The maximum Gasteiger partial charge on any atom is 0.231 e.